The fourth-order valence-electron chi connectivity index (χ4n) is 3.38. The van der Waals surface area contributed by atoms with Gasteiger partial charge in [0, 0.05) is 25.7 Å². The molecule has 0 aromatic carbocycles. The monoisotopic (exact) mass is 240 g/mol. The van der Waals surface area contributed by atoms with Crippen LogP contribution in [0.5, 0.6) is 0 Å². The Labute approximate surface area is 105 Å². The first-order chi connectivity index (χ1) is 8.29. The van der Waals surface area contributed by atoms with E-state index in [0.717, 1.165) is 31.5 Å². The molecule has 2 aliphatic rings. The predicted octanol–water partition coefficient (Wildman–Crippen LogP) is 1.91. The molecule has 3 heteroatoms. The van der Waals surface area contributed by atoms with Crippen LogP contribution in [0.15, 0.2) is 0 Å². The third-order valence-electron chi connectivity index (χ3n) is 4.43. The first-order valence-electron chi connectivity index (χ1n) is 7.34. The lowest BCUT2D eigenvalue weighted by atomic mass is 9.78. The van der Waals surface area contributed by atoms with E-state index in [0.29, 0.717) is 12.1 Å². The molecule has 0 amide bonds. The minimum absolute atomic E-state index is 0.435. The minimum Gasteiger partial charge on any atom is -0.377 e. The Kier molecular flexibility index (Phi) is 5.26. The molecular weight excluding hydrogens is 212 g/mol. The molecule has 1 aliphatic heterocycles. The van der Waals surface area contributed by atoms with Crippen LogP contribution in [0.4, 0.5) is 0 Å². The summed E-state index contributed by atoms with van der Waals surface area (Å²) in [6, 6.07) is 0.502. The molecule has 100 valence electrons. The van der Waals surface area contributed by atoms with Gasteiger partial charge in [0.2, 0.25) is 0 Å². The third kappa shape index (κ3) is 3.94. The number of rotatable bonds is 5. The van der Waals surface area contributed by atoms with Crippen LogP contribution in [-0.4, -0.2) is 31.8 Å². The second kappa shape index (κ2) is 6.72. The number of nitrogens with two attached hydrogens (primary N) is 1. The molecule has 0 aromatic rings. The van der Waals surface area contributed by atoms with Crippen molar-refractivity contribution >= 4 is 0 Å². The molecule has 1 saturated carbocycles. The highest BCUT2D eigenvalue weighted by Gasteiger charge is 2.26. The second-order valence-electron chi connectivity index (χ2n) is 5.92. The third-order valence-corrected chi connectivity index (χ3v) is 4.43. The average Bonchev–Trinajstić information content (AvgIpc) is 2.83. The zero-order valence-corrected chi connectivity index (χ0v) is 11.2. The molecule has 0 radical (unpaired) electrons. The van der Waals surface area contributed by atoms with Gasteiger partial charge in [-0.3, -0.25) is 0 Å². The van der Waals surface area contributed by atoms with E-state index in [1.807, 2.05) is 0 Å². The maximum absolute atomic E-state index is 5.93. The van der Waals surface area contributed by atoms with Gasteiger partial charge >= 0.3 is 0 Å². The van der Waals surface area contributed by atoms with Gasteiger partial charge in [0.15, 0.2) is 0 Å². The maximum Gasteiger partial charge on any atom is 0.0700 e. The summed E-state index contributed by atoms with van der Waals surface area (Å²) in [4.78, 5) is 0. The Balaban J connectivity index is 1.74. The molecule has 17 heavy (non-hydrogen) atoms. The predicted molar refractivity (Wildman–Crippen MR) is 70.9 cm³/mol. The SMILES string of the molecule is CC1CCCC(C(CN)NCC2CCCO2)C1. The van der Waals surface area contributed by atoms with E-state index in [1.165, 1.54) is 38.5 Å². The zero-order chi connectivity index (χ0) is 12.1. The summed E-state index contributed by atoms with van der Waals surface area (Å²) in [6.45, 7) is 5.08. The van der Waals surface area contributed by atoms with Crippen LogP contribution >= 0.6 is 0 Å². The zero-order valence-electron chi connectivity index (χ0n) is 11.2. The van der Waals surface area contributed by atoms with Gasteiger partial charge in [-0.2, -0.15) is 0 Å². The lowest BCUT2D eigenvalue weighted by Crippen LogP contribution is -2.46. The fourth-order valence-corrected chi connectivity index (χ4v) is 3.38. The van der Waals surface area contributed by atoms with Crippen LogP contribution in [0.1, 0.15) is 45.4 Å². The van der Waals surface area contributed by atoms with Gasteiger partial charge in [0.1, 0.15) is 0 Å². The molecule has 1 saturated heterocycles. The fraction of sp³-hybridized carbons (Fsp3) is 1.00. The number of hydrogen-bond acceptors (Lipinski definition) is 3. The molecule has 0 aromatic heterocycles. The van der Waals surface area contributed by atoms with Gasteiger partial charge in [-0.15, -0.1) is 0 Å². The first kappa shape index (κ1) is 13.3. The summed E-state index contributed by atoms with van der Waals surface area (Å²) in [6.07, 6.45) is 8.35. The number of nitrogens with one attached hydrogen (secondary N) is 1. The lowest BCUT2D eigenvalue weighted by Gasteiger charge is -2.33. The van der Waals surface area contributed by atoms with Crippen molar-refractivity contribution in [1.82, 2.24) is 5.32 Å². The van der Waals surface area contributed by atoms with E-state index in [1.54, 1.807) is 0 Å². The quantitative estimate of drug-likeness (QED) is 0.771. The van der Waals surface area contributed by atoms with E-state index in [4.69, 9.17) is 10.5 Å². The van der Waals surface area contributed by atoms with E-state index in [9.17, 15) is 0 Å². The van der Waals surface area contributed by atoms with E-state index < -0.39 is 0 Å². The average molecular weight is 240 g/mol. The van der Waals surface area contributed by atoms with Crippen molar-refractivity contribution in [2.75, 3.05) is 19.7 Å². The molecule has 1 heterocycles. The Hall–Kier alpha value is -0.120. The van der Waals surface area contributed by atoms with Crippen molar-refractivity contribution in [1.29, 1.82) is 0 Å². The van der Waals surface area contributed by atoms with Crippen LogP contribution < -0.4 is 11.1 Å². The molecule has 2 rings (SSSR count). The van der Waals surface area contributed by atoms with Crippen LogP contribution in [0, 0.1) is 11.8 Å². The Morgan fingerprint density at radius 3 is 2.82 bits per heavy atom. The van der Waals surface area contributed by atoms with Gasteiger partial charge in [0.25, 0.3) is 0 Å². The maximum atomic E-state index is 5.93. The van der Waals surface area contributed by atoms with Gasteiger partial charge < -0.3 is 15.8 Å². The number of hydrogen-bond donors (Lipinski definition) is 2. The summed E-state index contributed by atoms with van der Waals surface area (Å²) >= 11 is 0. The van der Waals surface area contributed by atoms with Gasteiger partial charge in [-0.05, 0) is 37.5 Å². The highest BCUT2D eigenvalue weighted by molar-refractivity contribution is 4.83. The molecule has 0 bridgehead atoms. The van der Waals surface area contributed by atoms with Crippen LogP contribution in [0.2, 0.25) is 0 Å². The van der Waals surface area contributed by atoms with Gasteiger partial charge in [0.05, 0.1) is 6.10 Å². The molecule has 4 unspecified atom stereocenters. The summed E-state index contributed by atoms with van der Waals surface area (Å²) in [5.74, 6) is 1.66. The van der Waals surface area contributed by atoms with Crippen molar-refractivity contribution in [2.45, 2.75) is 57.6 Å². The van der Waals surface area contributed by atoms with Crippen molar-refractivity contribution < 1.29 is 4.74 Å². The highest BCUT2D eigenvalue weighted by Crippen LogP contribution is 2.30. The Morgan fingerprint density at radius 1 is 1.29 bits per heavy atom. The minimum atomic E-state index is 0.435. The van der Waals surface area contributed by atoms with Crippen molar-refractivity contribution in [3.05, 3.63) is 0 Å². The topological polar surface area (TPSA) is 47.3 Å². The standard InChI is InChI=1S/C14H28N2O/c1-11-4-2-5-12(8-11)14(9-15)16-10-13-6-3-7-17-13/h11-14,16H,2-10,15H2,1H3. The summed E-state index contributed by atoms with van der Waals surface area (Å²) in [7, 11) is 0. The van der Waals surface area contributed by atoms with Crippen LogP contribution in [0.3, 0.4) is 0 Å². The normalized spacial score (nSPS) is 36.0. The van der Waals surface area contributed by atoms with Crippen molar-refractivity contribution in [2.24, 2.45) is 17.6 Å². The Morgan fingerprint density at radius 2 is 2.18 bits per heavy atom. The molecular formula is C14H28N2O. The first-order valence-corrected chi connectivity index (χ1v) is 7.34. The molecule has 3 N–H and O–H groups in total. The van der Waals surface area contributed by atoms with E-state index in [2.05, 4.69) is 12.2 Å². The number of ether oxygens (including phenoxy) is 1. The van der Waals surface area contributed by atoms with E-state index in [-0.39, 0.29) is 0 Å². The summed E-state index contributed by atoms with van der Waals surface area (Å²) in [5, 5.41) is 3.65. The smallest absolute Gasteiger partial charge is 0.0700 e. The van der Waals surface area contributed by atoms with Crippen LogP contribution in [0.25, 0.3) is 0 Å². The molecule has 2 fully saturated rings. The van der Waals surface area contributed by atoms with E-state index >= 15 is 0 Å². The largest absolute Gasteiger partial charge is 0.377 e. The van der Waals surface area contributed by atoms with Gasteiger partial charge in [-0.25, -0.2) is 0 Å². The van der Waals surface area contributed by atoms with Crippen LogP contribution in [-0.2, 0) is 4.74 Å². The summed E-state index contributed by atoms with van der Waals surface area (Å²) < 4.78 is 5.65. The molecule has 3 nitrogen and oxygen atoms in total. The summed E-state index contributed by atoms with van der Waals surface area (Å²) in [5.41, 5.74) is 5.93. The molecule has 4 atom stereocenters. The Bertz CT molecular complexity index is 216. The second-order valence-corrected chi connectivity index (χ2v) is 5.92. The molecule has 1 aliphatic carbocycles. The van der Waals surface area contributed by atoms with Crippen molar-refractivity contribution in [3.63, 3.8) is 0 Å². The van der Waals surface area contributed by atoms with Crippen molar-refractivity contribution in [3.8, 4) is 0 Å². The lowest BCUT2D eigenvalue weighted by molar-refractivity contribution is 0.102. The van der Waals surface area contributed by atoms with Gasteiger partial charge in [-0.1, -0.05) is 19.8 Å². The highest BCUT2D eigenvalue weighted by atomic mass is 16.5. The molecule has 0 spiro atoms.